The fraction of sp³-hybridized carbons (Fsp3) is 0.591. The first-order valence-electron chi connectivity index (χ1n) is 11.6. The molecule has 14 heteroatoms. The maximum atomic E-state index is 12.6. The van der Waals surface area contributed by atoms with E-state index in [1.165, 1.54) is 12.8 Å². The standard InChI is InChI=1S/C20H29N7O2.C2HF3O2/c1-24(2)20(29)26-11-7-15(13-26)18-23-22-17-6-5-16(14-27(17)18)19(28)21-8-12-25-9-3-4-10-25;3-2(4,5)1(6)7/h5-6,14-15H,3-4,7-13H2,1-2H3,(H,21,28);(H,6,7). The minimum absolute atomic E-state index is 0.0133. The molecule has 1 unspecified atom stereocenters. The van der Waals surface area contributed by atoms with Crippen molar-refractivity contribution in [1.82, 2.24) is 34.6 Å². The first kappa shape index (κ1) is 27.2. The summed E-state index contributed by atoms with van der Waals surface area (Å²) in [6, 6.07) is 3.62. The first-order chi connectivity index (χ1) is 17.0. The Labute approximate surface area is 205 Å². The summed E-state index contributed by atoms with van der Waals surface area (Å²) in [7, 11) is 3.52. The Bertz CT molecular complexity index is 1080. The summed E-state index contributed by atoms with van der Waals surface area (Å²) >= 11 is 0. The van der Waals surface area contributed by atoms with E-state index in [0.29, 0.717) is 30.8 Å². The number of aliphatic carboxylic acids is 1. The Morgan fingerprint density at radius 3 is 2.42 bits per heavy atom. The van der Waals surface area contributed by atoms with E-state index in [9.17, 15) is 22.8 Å². The molecule has 198 valence electrons. The number of halogens is 3. The molecule has 0 radical (unpaired) electrons. The molecule has 0 bridgehead atoms. The van der Waals surface area contributed by atoms with Crippen LogP contribution in [0.15, 0.2) is 18.3 Å². The zero-order valence-electron chi connectivity index (χ0n) is 20.2. The van der Waals surface area contributed by atoms with Crippen molar-refractivity contribution in [3.05, 3.63) is 29.7 Å². The fourth-order valence-electron chi connectivity index (χ4n) is 4.18. The minimum atomic E-state index is -5.08. The van der Waals surface area contributed by atoms with Crippen molar-refractivity contribution in [1.29, 1.82) is 0 Å². The first-order valence-corrected chi connectivity index (χ1v) is 11.6. The molecule has 2 saturated heterocycles. The summed E-state index contributed by atoms with van der Waals surface area (Å²) < 4.78 is 33.6. The Morgan fingerprint density at radius 2 is 1.81 bits per heavy atom. The van der Waals surface area contributed by atoms with Crippen molar-refractivity contribution in [3.63, 3.8) is 0 Å². The van der Waals surface area contributed by atoms with Gasteiger partial charge in [-0.2, -0.15) is 13.2 Å². The van der Waals surface area contributed by atoms with Gasteiger partial charge in [0.25, 0.3) is 5.91 Å². The quantitative estimate of drug-likeness (QED) is 0.623. The number of nitrogens with one attached hydrogen (secondary N) is 1. The lowest BCUT2D eigenvalue weighted by atomic mass is 10.1. The third kappa shape index (κ3) is 6.83. The summed E-state index contributed by atoms with van der Waals surface area (Å²) in [5, 5.41) is 18.7. The predicted octanol–water partition coefficient (Wildman–Crippen LogP) is 1.66. The highest BCUT2D eigenvalue weighted by molar-refractivity contribution is 5.94. The second-order valence-electron chi connectivity index (χ2n) is 8.92. The average Bonchev–Trinajstić information content (AvgIpc) is 3.58. The molecule has 2 aromatic rings. The third-order valence-electron chi connectivity index (χ3n) is 6.05. The summed E-state index contributed by atoms with van der Waals surface area (Å²) in [6.07, 6.45) is 0.0679. The van der Waals surface area contributed by atoms with Gasteiger partial charge in [-0.05, 0) is 44.5 Å². The van der Waals surface area contributed by atoms with Crippen LogP contribution in [0.4, 0.5) is 18.0 Å². The van der Waals surface area contributed by atoms with Crippen LogP contribution in [-0.2, 0) is 4.79 Å². The third-order valence-corrected chi connectivity index (χ3v) is 6.05. The van der Waals surface area contributed by atoms with Crippen molar-refractivity contribution < 1.29 is 32.7 Å². The maximum Gasteiger partial charge on any atom is 0.490 e. The predicted molar refractivity (Wildman–Crippen MR) is 123 cm³/mol. The van der Waals surface area contributed by atoms with Crippen molar-refractivity contribution in [3.8, 4) is 0 Å². The van der Waals surface area contributed by atoms with Gasteiger partial charge in [0, 0.05) is 52.4 Å². The molecular weight excluding hydrogens is 483 g/mol. The van der Waals surface area contributed by atoms with Crippen LogP contribution in [0.25, 0.3) is 5.65 Å². The number of carboxylic acid groups (broad SMARTS) is 1. The molecule has 2 aromatic heterocycles. The highest BCUT2D eigenvalue weighted by atomic mass is 19.4. The summed E-state index contributed by atoms with van der Waals surface area (Å²) in [6.45, 7) is 5.11. The maximum absolute atomic E-state index is 12.6. The SMILES string of the molecule is CN(C)C(=O)N1CCC(c2nnc3ccc(C(=O)NCCN4CCCC4)cn23)C1.O=C(O)C(F)(F)F. The van der Waals surface area contributed by atoms with Crippen LogP contribution in [-0.4, -0.2) is 112 Å². The van der Waals surface area contributed by atoms with Crippen molar-refractivity contribution in [2.45, 2.75) is 31.4 Å². The molecule has 2 aliphatic heterocycles. The lowest BCUT2D eigenvalue weighted by Crippen LogP contribution is -2.37. The number of rotatable bonds is 5. The van der Waals surface area contributed by atoms with Gasteiger partial charge < -0.3 is 25.1 Å². The van der Waals surface area contributed by atoms with E-state index in [0.717, 1.165) is 31.9 Å². The lowest BCUT2D eigenvalue weighted by Gasteiger charge is -2.21. The number of urea groups is 1. The Kier molecular flexibility index (Phi) is 8.71. The van der Waals surface area contributed by atoms with E-state index >= 15 is 0 Å². The van der Waals surface area contributed by atoms with Crippen LogP contribution in [0.1, 0.15) is 41.4 Å². The normalized spacial score (nSPS) is 18.1. The van der Waals surface area contributed by atoms with Gasteiger partial charge in [-0.3, -0.25) is 9.20 Å². The van der Waals surface area contributed by atoms with E-state index in [4.69, 9.17) is 9.90 Å². The number of aromatic nitrogens is 3. The van der Waals surface area contributed by atoms with Crippen molar-refractivity contribution >= 4 is 23.6 Å². The molecule has 11 nitrogen and oxygen atoms in total. The second-order valence-corrected chi connectivity index (χ2v) is 8.92. The number of hydrogen-bond donors (Lipinski definition) is 2. The van der Waals surface area contributed by atoms with Crippen LogP contribution in [0.5, 0.6) is 0 Å². The zero-order chi connectivity index (χ0) is 26.5. The molecule has 0 aromatic carbocycles. The molecule has 2 aliphatic rings. The number of alkyl halides is 3. The number of carbonyl (C=O) groups excluding carboxylic acids is 2. The van der Waals surface area contributed by atoms with Gasteiger partial charge in [0.2, 0.25) is 0 Å². The smallest absolute Gasteiger partial charge is 0.475 e. The second kappa shape index (κ2) is 11.5. The highest BCUT2D eigenvalue weighted by Gasteiger charge is 2.38. The van der Waals surface area contributed by atoms with Gasteiger partial charge in [-0.1, -0.05) is 0 Å². The lowest BCUT2D eigenvalue weighted by molar-refractivity contribution is -0.192. The Hall–Kier alpha value is -3.42. The van der Waals surface area contributed by atoms with Crippen molar-refractivity contribution in [2.75, 3.05) is 53.4 Å². The zero-order valence-corrected chi connectivity index (χ0v) is 20.2. The van der Waals surface area contributed by atoms with Gasteiger partial charge in [-0.25, -0.2) is 9.59 Å². The largest absolute Gasteiger partial charge is 0.490 e. The topological polar surface area (TPSA) is 123 Å². The molecule has 4 rings (SSSR count). The number of carboxylic acids is 1. The van der Waals surface area contributed by atoms with E-state index in [-0.39, 0.29) is 17.9 Å². The van der Waals surface area contributed by atoms with E-state index in [1.807, 2.05) is 21.6 Å². The van der Waals surface area contributed by atoms with Gasteiger partial charge in [-0.15, -0.1) is 10.2 Å². The molecule has 36 heavy (non-hydrogen) atoms. The minimum Gasteiger partial charge on any atom is -0.475 e. The molecule has 0 spiro atoms. The number of likely N-dealkylation sites (tertiary alicyclic amines) is 2. The highest BCUT2D eigenvalue weighted by Crippen LogP contribution is 2.27. The number of fused-ring (bicyclic) bond motifs is 1. The van der Waals surface area contributed by atoms with Crippen LogP contribution >= 0.6 is 0 Å². The molecule has 0 aliphatic carbocycles. The van der Waals surface area contributed by atoms with E-state index in [2.05, 4.69) is 20.4 Å². The number of nitrogens with zero attached hydrogens (tertiary/aromatic N) is 6. The summed E-state index contributed by atoms with van der Waals surface area (Å²) in [5.41, 5.74) is 1.31. The molecule has 4 heterocycles. The molecular formula is C22H30F3N7O4. The Balaban J connectivity index is 0.000000454. The van der Waals surface area contributed by atoms with Crippen LogP contribution in [0, 0.1) is 0 Å². The number of amides is 3. The number of hydrogen-bond acceptors (Lipinski definition) is 6. The molecule has 3 amide bonds. The number of carbonyl (C=O) groups is 3. The molecule has 1 atom stereocenters. The molecule has 2 N–H and O–H groups in total. The molecule has 0 saturated carbocycles. The number of pyridine rings is 1. The van der Waals surface area contributed by atoms with E-state index < -0.39 is 12.1 Å². The van der Waals surface area contributed by atoms with Crippen LogP contribution in [0.3, 0.4) is 0 Å². The Morgan fingerprint density at radius 1 is 1.14 bits per heavy atom. The monoisotopic (exact) mass is 513 g/mol. The average molecular weight is 514 g/mol. The van der Waals surface area contributed by atoms with Crippen LogP contribution < -0.4 is 5.32 Å². The van der Waals surface area contributed by atoms with Gasteiger partial charge >= 0.3 is 18.2 Å². The van der Waals surface area contributed by atoms with Gasteiger partial charge in [0.1, 0.15) is 5.82 Å². The van der Waals surface area contributed by atoms with Gasteiger partial charge in [0.15, 0.2) is 5.65 Å². The van der Waals surface area contributed by atoms with E-state index in [1.54, 1.807) is 25.1 Å². The summed E-state index contributed by atoms with van der Waals surface area (Å²) in [5.74, 6) is -1.92. The molecule has 2 fully saturated rings. The van der Waals surface area contributed by atoms with Gasteiger partial charge in [0.05, 0.1) is 5.56 Å². The van der Waals surface area contributed by atoms with Crippen LogP contribution in [0.2, 0.25) is 0 Å². The van der Waals surface area contributed by atoms with Crippen molar-refractivity contribution in [2.24, 2.45) is 0 Å². The fourth-order valence-corrected chi connectivity index (χ4v) is 4.18. The summed E-state index contributed by atoms with van der Waals surface area (Å²) in [4.78, 5) is 39.5.